The molecule has 2 amide bonds. The average molecular weight is 574 g/mol. The first-order chi connectivity index (χ1) is 18.5. The highest BCUT2D eigenvalue weighted by Crippen LogP contribution is 2.28. The number of anilines is 1. The number of amides is 2. The largest absolute Gasteiger partial charge is 0.354 e. The molecule has 1 N–H and O–H groups in total. The maximum absolute atomic E-state index is 14.8. The van der Waals surface area contributed by atoms with Crippen molar-refractivity contribution in [1.29, 1.82) is 0 Å². The van der Waals surface area contributed by atoms with Gasteiger partial charge in [0.1, 0.15) is 18.4 Å². The van der Waals surface area contributed by atoms with Gasteiger partial charge in [-0.15, -0.1) is 0 Å². The van der Waals surface area contributed by atoms with Gasteiger partial charge >= 0.3 is 0 Å². The standard InChI is InChI=1S/C29H33ClFN3O4S/c1-4-17-32-29(36)27(18-22-11-6-5-7-12-22)33(19-23-13-8-9-15-25(23)31)28(35)20-34(39(3,37)38)26-16-10-14-24(30)21(26)2/h5-16,27H,4,17-20H2,1-3H3,(H,32,36)/t27-/m0/s1. The van der Waals surface area contributed by atoms with Crippen molar-refractivity contribution in [3.8, 4) is 0 Å². The molecule has 7 nitrogen and oxygen atoms in total. The van der Waals surface area contributed by atoms with E-state index < -0.39 is 40.2 Å². The maximum atomic E-state index is 14.8. The Morgan fingerprint density at radius 2 is 1.67 bits per heavy atom. The fourth-order valence-corrected chi connectivity index (χ4v) is 5.26. The van der Waals surface area contributed by atoms with Crippen LogP contribution >= 0.6 is 11.6 Å². The molecule has 0 bridgehead atoms. The third-order valence-corrected chi connectivity index (χ3v) is 7.84. The monoisotopic (exact) mass is 573 g/mol. The normalized spacial score (nSPS) is 12.0. The van der Waals surface area contributed by atoms with Crippen molar-refractivity contribution >= 4 is 39.1 Å². The second-order valence-corrected chi connectivity index (χ2v) is 11.6. The Bertz CT molecular complexity index is 1400. The minimum Gasteiger partial charge on any atom is -0.354 e. The molecule has 0 heterocycles. The Balaban J connectivity index is 2.08. The lowest BCUT2D eigenvalue weighted by molar-refractivity contribution is -0.140. The van der Waals surface area contributed by atoms with Gasteiger partial charge in [-0.05, 0) is 42.7 Å². The smallest absolute Gasteiger partial charge is 0.244 e. The molecule has 0 radical (unpaired) electrons. The van der Waals surface area contributed by atoms with Crippen LogP contribution in [-0.2, 0) is 32.6 Å². The van der Waals surface area contributed by atoms with Crippen LogP contribution in [0.2, 0.25) is 5.02 Å². The number of nitrogens with one attached hydrogen (secondary N) is 1. The molecular weight excluding hydrogens is 541 g/mol. The third-order valence-electron chi connectivity index (χ3n) is 6.31. The van der Waals surface area contributed by atoms with Crippen LogP contribution in [0.3, 0.4) is 0 Å². The van der Waals surface area contributed by atoms with E-state index in [2.05, 4.69) is 5.32 Å². The topological polar surface area (TPSA) is 86.8 Å². The summed E-state index contributed by atoms with van der Waals surface area (Å²) in [5.74, 6) is -1.60. The van der Waals surface area contributed by atoms with Gasteiger partial charge in [-0.2, -0.15) is 0 Å². The third kappa shape index (κ3) is 8.03. The molecule has 208 valence electrons. The van der Waals surface area contributed by atoms with Crippen LogP contribution in [0.15, 0.2) is 72.8 Å². The Kier molecular flexibility index (Phi) is 10.5. The molecule has 1 atom stereocenters. The van der Waals surface area contributed by atoms with Crippen molar-refractivity contribution in [3.05, 3.63) is 100 Å². The van der Waals surface area contributed by atoms with E-state index in [9.17, 15) is 22.4 Å². The number of rotatable bonds is 12. The molecule has 0 aliphatic heterocycles. The van der Waals surface area contributed by atoms with Crippen molar-refractivity contribution in [3.63, 3.8) is 0 Å². The first kappa shape index (κ1) is 30.1. The summed E-state index contributed by atoms with van der Waals surface area (Å²) in [5, 5.41) is 3.19. The molecular formula is C29H33ClFN3O4S. The molecule has 10 heteroatoms. The van der Waals surface area contributed by atoms with E-state index in [-0.39, 0.29) is 24.2 Å². The van der Waals surface area contributed by atoms with Crippen LogP contribution in [0.1, 0.15) is 30.0 Å². The van der Waals surface area contributed by atoms with Gasteiger partial charge in [0, 0.05) is 30.1 Å². The lowest BCUT2D eigenvalue weighted by Gasteiger charge is -2.34. The van der Waals surface area contributed by atoms with Gasteiger partial charge < -0.3 is 10.2 Å². The Morgan fingerprint density at radius 1 is 1.00 bits per heavy atom. The summed E-state index contributed by atoms with van der Waals surface area (Å²) < 4.78 is 41.5. The van der Waals surface area contributed by atoms with Crippen LogP contribution in [0.5, 0.6) is 0 Å². The van der Waals surface area contributed by atoms with Crippen molar-refractivity contribution in [1.82, 2.24) is 10.2 Å². The van der Waals surface area contributed by atoms with Crippen molar-refractivity contribution in [2.45, 2.75) is 39.3 Å². The van der Waals surface area contributed by atoms with Gasteiger partial charge in [0.05, 0.1) is 11.9 Å². The first-order valence-electron chi connectivity index (χ1n) is 12.6. The van der Waals surface area contributed by atoms with Crippen molar-refractivity contribution in [2.24, 2.45) is 0 Å². The van der Waals surface area contributed by atoms with Gasteiger partial charge in [0.2, 0.25) is 21.8 Å². The summed E-state index contributed by atoms with van der Waals surface area (Å²) in [6, 6.07) is 18.9. The highest BCUT2D eigenvalue weighted by atomic mass is 35.5. The van der Waals surface area contributed by atoms with E-state index in [1.165, 1.54) is 23.1 Å². The second-order valence-electron chi connectivity index (χ2n) is 9.26. The number of benzene rings is 3. The number of sulfonamides is 1. The second kappa shape index (κ2) is 13.6. The Morgan fingerprint density at radius 3 is 2.31 bits per heavy atom. The molecule has 0 unspecified atom stereocenters. The fraction of sp³-hybridized carbons (Fsp3) is 0.310. The first-order valence-corrected chi connectivity index (χ1v) is 14.8. The molecule has 39 heavy (non-hydrogen) atoms. The number of hydrogen-bond donors (Lipinski definition) is 1. The van der Waals surface area contributed by atoms with E-state index >= 15 is 0 Å². The minimum atomic E-state index is -3.93. The summed E-state index contributed by atoms with van der Waals surface area (Å²) in [4.78, 5) is 28.7. The highest BCUT2D eigenvalue weighted by molar-refractivity contribution is 7.92. The molecule has 0 aliphatic carbocycles. The summed E-state index contributed by atoms with van der Waals surface area (Å²) in [6.07, 6.45) is 1.84. The Labute approximate surface area is 234 Å². The van der Waals surface area contributed by atoms with E-state index in [4.69, 9.17) is 11.6 Å². The van der Waals surface area contributed by atoms with Crippen LogP contribution in [0.25, 0.3) is 0 Å². The zero-order valence-corrected chi connectivity index (χ0v) is 23.8. The molecule has 3 rings (SSSR count). The number of halogens is 2. The number of hydrogen-bond acceptors (Lipinski definition) is 4. The van der Waals surface area contributed by atoms with E-state index in [1.807, 2.05) is 37.3 Å². The number of carbonyl (C=O) groups is 2. The fourth-order valence-electron chi connectivity index (χ4n) is 4.19. The highest BCUT2D eigenvalue weighted by Gasteiger charge is 2.33. The summed E-state index contributed by atoms with van der Waals surface area (Å²) in [7, 11) is -3.93. The van der Waals surface area contributed by atoms with Crippen LogP contribution in [0, 0.1) is 12.7 Å². The molecule has 0 saturated carbocycles. The molecule has 0 fully saturated rings. The van der Waals surface area contributed by atoms with E-state index in [0.29, 0.717) is 23.6 Å². The Hall–Kier alpha value is -3.43. The average Bonchev–Trinajstić information content (AvgIpc) is 2.90. The quantitative estimate of drug-likeness (QED) is 0.340. The zero-order chi connectivity index (χ0) is 28.6. The zero-order valence-electron chi connectivity index (χ0n) is 22.2. The molecule has 3 aromatic rings. The molecule has 0 spiro atoms. The summed E-state index contributed by atoms with van der Waals surface area (Å²) >= 11 is 6.25. The lowest BCUT2D eigenvalue weighted by atomic mass is 10.0. The molecule has 0 aliphatic rings. The lowest BCUT2D eigenvalue weighted by Crippen LogP contribution is -2.53. The van der Waals surface area contributed by atoms with E-state index in [1.54, 1.807) is 31.2 Å². The van der Waals surface area contributed by atoms with Gasteiger partial charge in [0.15, 0.2) is 0 Å². The van der Waals surface area contributed by atoms with Gasteiger partial charge in [-0.1, -0.05) is 73.1 Å². The summed E-state index contributed by atoms with van der Waals surface area (Å²) in [5.41, 5.74) is 1.74. The molecule has 3 aromatic carbocycles. The van der Waals surface area contributed by atoms with Gasteiger partial charge in [-0.3, -0.25) is 13.9 Å². The van der Waals surface area contributed by atoms with Gasteiger partial charge in [0.25, 0.3) is 0 Å². The van der Waals surface area contributed by atoms with E-state index in [0.717, 1.165) is 16.1 Å². The predicted molar refractivity (Wildman–Crippen MR) is 153 cm³/mol. The maximum Gasteiger partial charge on any atom is 0.244 e. The van der Waals surface area contributed by atoms with Gasteiger partial charge in [-0.25, -0.2) is 12.8 Å². The number of nitrogens with zero attached hydrogens (tertiary/aromatic N) is 2. The molecule has 0 aromatic heterocycles. The van der Waals surface area contributed by atoms with Crippen molar-refractivity contribution in [2.75, 3.05) is 23.7 Å². The number of carbonyl (C=O) groups excluding carboxylic acids is 2. The summed E-state index contributed by atoms with van der Waals surface area (Å²) in [6.45, 7) is 3.14. The SMILES string of the molecule is CCCNC(=O)[C@H](Cc1ccccc1)N(Cc1ccccc1F)C(=O)CN(c1cccc(Cl)c1C)S(C)(=O)=O. The molecule has 0 saturated heterocycles. The van der Waals surface area contributed by atoms with Crippen molar-refractivity contribution < 1.29 is 22.4 Å². The van der Waals surface area contributed by atoms with Crippen LogP contribution in [-0.4, -0.2) is 50.5 Å². The predicted octanol–water partition coefficient (Wildman–Crippen LogP) is 4.72. The minimum absolute atomic E-state index is 0.158. The van der Waals surface area contributed by atoms with Crippen LogP contribution < -0.4 is 9.62 Å². The van der Waals surface area contributed by atoms with Crippen LogP contribution in [0.4, 0.5) is 10.1 Å².